The minimum Gasteiger partial charge on any atom is -0.482 e. The van der Waals surface area contributed by atoms with Gasteiger partial charge in [-0.3, -0.25) is 4.79 Å². The van der Waals surface area contributed by atoms with Gasteiger partial charge in [-0.2, -0.15) is 0 Å². The quantitative estimate of drug-likeness (QED) is 0.864. The molecule has 1 heterocycles. The third kappa shape index (κ3) is 4.04. The maximum atomic E-state index is 13.1. The Labute approximate surface area is 153 Å². The molecule has 0 aromatic heterocycles. The van der Waals surface area contributed by atoms with E-state index in [1.54, 1.807) is 24.3 Å². The van der Waals surface area contributed by atoms with Crippen LogP contribution in [0.3, 0.4) is 0 Å². The van der Waals surface area contributed by atoms with Gasteiger partial charge in [-0.15, -0.1) is 0 Å². The van der Waals surface area contributed by atoms with Crippen molar-refractivity contribution in [2.24, 2.45) is 0 Å². The van der Waals surface area contributed by atoms with Crippen molar-refractivity contribution in [3.63, 3.8) is 0 Å². The van der Waals surface area contributed by atoms with Gasteiger partial charge in [-0.25, -0.2) is 4.79 Å². The van der Waals surface area contributed by atoms with Gasteiger partial charge in [0.05, 0.1) is 0 Å². The topological polar surface area (TPSA) is 66.8 Å². The van der Waals surface area contributed by atoms with Crippen LogP contribution in [0.4, 0.5) is 0 Å². The Kier molecular flexibility index (Phi) is 5.26. The molecule has 1 atom stereocenters. The summed E-state index contributed by atoms with van der Waals surface area (Å²) in [6.07, 6.45) is 2.75. The third-order valence-corrected chi connectivity index (χ3v) is 4.86. The molecule has 3 rings (SSSR count). The Balaban J connectivity index is 1.77. The molecule has 1 aliphatic heterocycles. The number of aliphatic carboxylic acids is 1. The molecule has 1 N–H and O–H groups in total. The monoisotopic (exact) mass is 353 g/mol. The van der Waals surface area contributed by atoms with Crippen LogP contribution < -0.4 is 4.74 Å². The summed E-state index contributed by atoms with van der Waals surface area (Å²) < 4.78 is 5.20. The lowest BCUT2D eigenvalue weighted by atomic mass is 9.90. The van der Waals surface area contributed by atoms with Crippen molar-refractivity contribution in [1.29, 1.82) is 0 Å². The second kappa shape index (κ2) is 7.60. The number of carbonyl (C=O) groups is 2. The maximum Gasteiger partial charge on any atom is 0.341 e. The molecular formula is C21H23NO4. The van der Waals surface area contributed by atoms with Gasteiger partial charge in [0.2, 0.25) is 0 Å². The number of likely N-dealkylation sites (tertiary alicyclic amines) is 1. The van der Waals surface area contributed by atoms with Crippen molar-refractivity contribution in [3.8, 4) is 5.75 Å². The number of carboxylic acids is 1. The first-order chi connectivity index (χ1) is 12.5. The van der Waals surface area contributed by atoms with Gasteiger partial charge < -0.3 is 14.7 Å². The minimum atomic E-state index is -1.04. The van der Waals surface area contributed by atoms with E-state index in [9.17, 15) is 9.59 Å². The van der Waals surface area contributed by atoms with Gasteiger partial charge in [-0.05, 0) is 49.9 Å². The van der Waals surface area contributed by atoms with Crippen molar-refractivity contribution in [2.45, 2.75) is 31.7 Å². The minimum absolute atomic E-state index is 0.0401. The van der Waals surface area contributed by atoms with E-state index in [1.165, 1.54) is 5.56 Å². The molecule has 2 aromatic carbocycles. The molecule has 1 saturated heterocycles. The lowest BCUT2D eigenvalue weighted by Gasteiger charge is -2.36. The SMILES string of the molecule is CC1(Cc2ccccc2)CCCN1C(=O)c1cccc(OCC(=O)O)c1. The normalized spacial score (nSPS) is 19.3. The molecule has 0 bridgehead atoms. The number of nitrogens with zero attached hydrogens (tertiary/aromatic N) is 1. The van der Waals surface area contributed by atoms with Gasteiger partial charge in [0.15, 0.2) is 6.61 Å². The van der Waals surface area contributed by atoms with Crippen molar-refractivity contribution in [1.82, 2.24) is 4.90 Å². The first-order valence-corrected chi connectivity index (χ1v) is 8.78. The van der Waals surface area contributed by atoms with E-state index >= 15 is 0 Å². The molecular weight excluding hydrogens is 330 g/mol. The lowest BCUT2D eigenvalue weighted by Crippen LogP contribution is -2.46. The lowest BCUT2D eigenvalue weighted by molar-refractivity contribution is -0.139. The molecule has 26 heavy (non-hydrogen) atoms. The molecule has 5 heteroatoms. The van der Waals surface area contributed by atoms with Gasteiger partial charge in [0.1, 0.15) is 5.75 Å². The predicted molar refractivity (Wildman–Crippen MR) is 98.4 cm³/mol. The van der Waals surface area contributed by atoms with Crippen LogP contribution in [0.15, 0.2) is 54.6 Å². The van der Waals surface area contributed by atoms with Gasteiger partial charge in [0.25, 0.3) is 5.91 Å². The van der Waals surface area contributed by atoms with E-state index in [1.807, 2.05) is 23.1 Å². The predicted octanol–water partition coefficient (Wildman–Crippen LogP) is 3.39. The summed E-state index contributed by atoms with van der Waals surface area (Å²) in [5, 5.41) is 8.73. The van der Waals surface area contributed by atoms with Crippen LogP contribution >= 0.6 is 0 Å². The second-order valence-corrected chi connectivity index (χ2v) is 6.93. The molecule has 1 amide bonds. The van der Waals surface area contributed by atoms with Crippen LogP contribution in [0, 0.1) is 0 Å². The highest BCUT2D eigenvalue weighted by molar-refractivity contribution is 5.95. The smallest absolute Gasteiger partial charge is 0.341 e. The molecule has 0 aliphatic carbocycles. The van der Waals surface area contributed by atoms with Crippen LogP contribution in [0.25, 0.3) is 0 Å². The average Bonchev–Trinajstić information content (AvgIpc) is 3.01. The van der Waals surface area contributed by atoms with Gasteiger partial charge in [0, 0.05) is 17.6 Å². The first kappa shape index (κ1) is 18.0. The van der Waals surface area contributed by atoms with E-state index in [4.69, 9.17) is 9.84 Å². The highest BCUT2D eigenvalue weighted by Crippen LogP contribution is 2.34. The van der Waals surface area contributed by atoms with E-state index in [0.29, 0.717) is 11.3 Å². The number of hydrogen-bond acceptors (Lipinski definition) is 3. The molecule has 1 fully saturated rings. The molecule has 2 aromatic rings. The standard InChI is InChI=1S/C21H23NO4/c1-21(14-16-7-3-2-4-8-16)11-6-12-22(21)20(25)17-9-5-10-18(13-17)26-15-19(23)24/h2-5,7-10,13H,6,11-12,14-15H2,1H3,(H,23,24). The first-order valence-electron chi connectivity index (χ1n) is 8.78. The highest BCUT2D eigenvalue weighted by atomic mass is 16.5. The summed E-state index contributed by atoms with van der Waals surface area (Å²) >= 11 is 0. The second-order valence-electron chi connectivity index (χ2n) is 6.93. The summed E-state index contributed by atoms with van der Waals surface area (Å²) in [4.78, 5) is 25.7. The Morgan fingerprint density at radius 3 is 2.65 bits per heavy atom. The number of ether oxygens (including phenoxy) is 1. The van der Waals surface area contributed by atoms with Crippen LogP contribution in [-0.4, -0.2) is 40.6 Å². The van der Waals surface area contributed by atoms with Gasteiger partial charge >= 0.3 is 5.97 Å². The van der Waals surface area contributed by atoms with E-state index in [-0.39, 0.29) is 11.4 Å². The third-order valence-electron chi connectivity index (χ3n) is 4.86. The van der Waals surface area contributed by atoms with E-state index in [2.05, 4.69) is 19.1 Å². The number of carbonyl (C=O) groups excluding carboxylic acids is 1. The summed E-state index contributed by atoms with van der Waals surface area (Å²) in [5.41, 5.74) is 1.51. The highest BCUT2D eigenvalue weighted by Gasteiger charge is 2.39. The fourth-order valence-corrected chi connectivity index (χ4v) is 3.61. The van der Waals surface area contributed by atoms with Crippen LogP contribution in [0.5, 0.6) is 5.75 Å². The number of hydrogen-bond donors (Lipinski definition) is 1. The summed E-state index contributed by atoms with van der Waals surface area (Å²) in [7, 11) is 0. The maximum absolute atomic E-state index is 13.1. The number of amides is 1. The van der Waals surface area contributed by atoms with E-state index in [0.717, 1.165) is 25.8 Å². The molecule has 136 valence electrons. The molecule has 5 nitrogen and oxygen atoms in total. The van der Waals surface area contributed by atoms with Crippen molar-refractivity contribution in [2.75, 3.05) is 13.2 Å². The zero-order chi connectivity index (χ0) is 18.6. The van der Waals surface area contributed by atoms with Gasteiger partial charge in [-0.1, -0.05) is 36.4 Å². The Bertz CT molecular complexity index is 790. The number of benzene rings is 2. The fourth-order valence-electron chi connectivity index (χ4n) is 3.61. The Morgan fingerprint density at radius 2 is 1.92 bits per heavy atom. The summed E-state index contributed by atoms with van der Waals surface area (Å²) in [6.45, 7) is 2.44. The van der Waals surface area contributed by atoms with Crippen molar-refractivity contribution >= 4 is 11.9 Å². The molecule has 0 saturated carbocycles. The molecule has 1 unspecified atom stereocenters. The number of carboxylic acid groups (broad SMARTS) is 1. The van der Waals surface area contributed by atoms with Crippen LogP contribution in [0.1, 0.15) is 35.7 Å². The molecule has 1 aliphatic rings. The fraction of sp³-hybridized carbons (Fsp3) is 0.333. The van der Waals surface area contributed by atoms with E-state index < -0.39 is 12.6 Å². The summed E-state index contributed by atoms with van der Waals surface area (Å²) in [5.74, 6) is -0.694. The largest absolute Gasteiger partial charge is 0.482 e. The zero-order valence-corrected chi connectivity index (χ0v) is 14.9. The van der Waals surface area contributed by atoms with Crippen LogP contribution in [-0.2, 0) is 11.2 Å². The Hall–Kier alpha value is -2.82. The molecule has 0 radical (unpaired) electrons. The van der Waals surface area contributed by atoms with Crippen LogP contribution in [0.2, 0.25) is 0 Å². The number of rotatable bonds is 6. The summed E-state index contributed by atoms with van der Waals surface area (Å²) in [6, 6.07) is 16.9. The van der Waals surface area contributed by atoms with Crippen molar-refractivity contribution < 1.29 is 19.4 Å². The van der Waals surface area contributed by atoms with Crippen molar-refractivity contribution in [3.05, 3.63) is 65.7 Å². The molecule has 0 spiro atoms. The average molecular weight is 353 g/mol. The Morgan fingerprint density at radius 1 is 1.15 bits per heavy atom. The zero-order valence-electron chi connectivity index (χ0n) is 14.9.